The van der Waals surface area contributed by atoms with Gasteiger partial charge in [-0.1, -0.05) is 25.3 Å². The second kappa shape index (κ2) is 9.06. The topological polar surface area (TPSA) is 92.1 Å². The Morgan fingerprint density at radius 1 is 1.32 bits per heavy atom. The van der Waals surface area contributed by atoms with Gasteiger partial charge in [-0.05, 0) is 18.9 Å². The number of nitrogens with one attached hydrogen (secondary N) is 1. The van der Waals surface area contributed by atoms with Crippen LogP contribution in [0.1, 0.15) is 42.6 Å². The molecule has 1 atom stereocenters. The second-order valence-corrected chi connectivity index (χ2v) is 5.83. The molecular formula is C17H19F2N3O3. The van der Waals surface area contributed by atoms with Crippen molar-refractivity contribution in [2.75, 3.05) is 6.61 Å². The van der Waals surface area contributed by atoms with Crippen LogP contribution >= 0.6 is 0 Å². The Labute approximate surface area is 144 Å². The smallest absolute Gasteiger partial charge is 0.272 e. The van der Waals surface area contributed by atoms with E-state index in [1.54, 1.807) is 6.07 Å². The van der Waals surface area contributed by atoms with Crippen LogP contribution in [-0.4, -0.2) is 35.7 Å². The van der Waals surface area contributed by atoms with E-state index in [0.29, 0.717) is 0 Å². The van der Waals surface area contributed by atoms with Gasteiger partial charge in [0.05, 0.1) is 6.07 Å². The second-order valence-electron chi connectivity index (χ2n) is 5.83. The molecule has 0 spiro atoms. The molecule has 1 heterocycles. The van der Waals surface area contributed by atoms with Crippen molar-refractivity contribution in [3.8, 4) is 11.9 Å². The number of rotatable bonds is 7. The Morgan fingerprint density at radius 2 is 2.04 bits per heavy atom. The number of hydrogen-bond acceptors (Lipinski definition) is 5. The van der Waals surface area contributed by atoms with E-state index < -0.39 is 30.6 Å². The number of ether oxygens (including phenoxy) is 1. The van der Waals surface area contributed by atoms with Gasteiger partial charge in [0.2, 0.25) is 17.6 Å². The molecule has 0 aromatic carbocycles. The summed E-state index contributed by atoms with van der Waals surface area (Å²) in [7, 11) is 0. The van der Waals surface area contributed by atoms with Crippen LogP contribution < -0.4 is 10.1 Å². The zero-order valence-electron chi connectivity index (χ0n) is 13.6. The number of halogens is 2. The highest BCUT2D eigenvalue weighted by Crippen LogP contribution is 2.18. The van der Waals surface area contributed by atoms with Crippen LogP contribution in [-0.2, 0) is 4.79 Å². The van der Waals surface area contributed by atoms with Crippen molar-refractivity contribution >= 4 is 11.7 Å². The molecule has 0 unspecified atom stereocenters. The van der Waals surface area contributed by atoms with Crippen LogP contribution in [0.5, 0.6) is 5.88 Å². The quantitative estimate of drug-likeness (QED) is 0.602. The van der Waals surface area contributed by atoms with Gasteiger partial charge in [0.25, 0.3) is 6.43 Å². The first-order chi connectivity index (χ1) is 12.0. The number of carbonyl (C=O) groups excluding carboxylic acids is 2. The zero-order valence-corrected chi connectivity index (χ0v) is 13.6. The Kier molecular flexibility index (Phi) is 6.81. The number of hydrogen-bond donors (Lipinski definition) is 1. The highest BCUT2D eigenvalue weighted by molar-refractivity contribution is 6.11. The SMILES string of the molecule is N#C[C@@H](C(=O)NC1CCCCC1)C(=O)c1cccc(OCC(F)F)n1. The molecule has 1 N–H and O–H groups in total. The molecule has 1 saturated carbocycles. The Balaban J connectivity index is 2.04. The molecule has 1 fully saturated rings. The van der Waals surface area contributed by atoms with Crippen molar-refractivity contribution in [2.24, 2.45) is 5.92 Å². The summed E-state index contributed by atoms with van der Waals surface area (Å²) in [4.78, 5) is 28.5. The van der Waals surface area contributed by atoms with E-state index in [9.17, 15) is 23.6 Å². The minimum atomic E-state index is -2.67. The molecule has 1 amide bonds. The molecule has 6 nitrogen and oxygen atoms in total. The number of amides is 1. The van der Waals surface area contributed by atoms with Crippen LogP contribution in [0.3, 0.4) is 0 Å². The van der Waals surface area contributed by atoms with E-state index in [0.717, 1.165) is 32.1 Å². The lowest BCUT2D eigenvalue weighted by Gasteiger charge is -2.23. The molecule has 8 heteroatoms. The first-order valence-electron chi connectivity index (χ1n) is 8.13. The molecule has 0 aliphatic heterocycles. The van der Waals surface area contributed by atoms with E-state index in [2.05, 4.69) is 10.3 Å². The van der Waals surface area contributed by atoms with Gasteiger partial charge < -0.3 is 10.1 Å². The molecule has 0 bridgehead atoms. The van der Waals surface area contributed by atoms with E-state index in [4.69, 9.17) is 4.74 Å². The molecular weight excluding hydrogens is 332 g/mol. The van der Waals surface area contributed by atoms with Crippen LogP contribution in [0.15, 0.2) is 18.2 Å². The number of carbonyl (C=O) groups is 2. The lowest BCUT2D eigenvalue weighted by atomic mass is 9.94. The number of ketones is 1. The van der Waals surface area contributed by atoms with Crippen molar-refractivity contribution in [3.63, 3.8) is 0 Å². The summed E-state index contributed by atoms with van der Waals surface area (Å²) in [5.74, 6) is -3.12. The number of nitrogens with zero attached hydrogens (tertiary/aromatic N) is 2. The molecule has 1 aliphatic carbocycles. The Morgan fingerprint density at radius 3 is 2.68 bits per heavy atom. The molecule has 1 aromatic heterocycles. The minimum absolute atomic E-state index is 0.0291. The maximum Gasteiger partial charge on any atom is 0.272 e. The van der Waals surface area contributed by atoms with Gasteiger partial charge >= 0.3 is 0 Å². The van der Waals surface area contributed by atoms with Gasteiger partial charge in [0.15, 0.2) is 12.5 Å². The Bertz CT molecular complexity index is 655. The largest absolute Gasteiger partial charge is 0.472 e. The van der Waals surface area contributed by atoms with E-state index in [1.165, 1.54) is 18.2 Å². The van der Waals surface area contributed by atoms with Gasteiger partial charge in [-0.3, -0.25) is 9.59 Å². The fraction of sp³-hybridized carbons (Fsp3) is 0.529. The summed E-state index contributed by atoms with van der Waals surface area (Å²) < 4.78 is 29.1. The summed E-state index contributed by atoms with van der Waals surface area (Å²) in [6, 6.07) is 5.70. The van der Waals surface area contributed by atoms with Crippen LogP contribution in [0.2, 0.25) is 0 Å². The molecule has 25 heavy (non-hydrogen) atoms. The molecule has 0 radical (unpaired) electrons. The number of aromatic nitrogens is 1. The lowest BCUT2D eigenvalue weighted by Crippen LogP contribution is -2.42. The van der Waals surface area contributed by atoms with E-state index in [1.807, 2.05) is 0 Å². The van der Waals surface area contributed by atoms with Crippen LogP contribution in [0.4, 0.5) is 8.78 Å². The summed E-state index contributed by atoms with van der Waals surface area (Å²) in [6.07, 6.45) is 2.10. The summed E-state index contributed by atoms with van der Waals surface area (Å²) >= 11 is 0. The van der Waals surface area contributed by atoms with Crippen molar-refractivity contribution in [1.29, 1.82) is 5.26 Å². The fourth-order valence-electron chi connectivity index (χ4n) is 2.70. The normalized spacial score (nSPS) is 16.1. The highest BCUT2D eigenvalue weighted by Gasteiger charge is 2.30. The monoisotopic (exact) mass is 351 g/mol. The molecule has 2 rings (SSSR count). The third-order valence-electron chi connectivity index (χ3n) is 3.94. The Hall–Kier alpha value is -2.56. The number of nitriles is 1. The zero-order chi connectivity index (χ0) is 18.2. The standard InChI is InChI=1S/C17H19F2N3O3/c18-14(19)10-25-15-8-4-7-13(22-15)16(23)12(9-20)17(24)21-11-5-2-1-3-6-11/h4,7-8,11-12,14H,1-3,5-6,10H2,(H,21,24)/t12-/m1/s1. The van der Waals surface area contributed by atoms with Gasteiger partial charge in [0.1, 0.15) is 5.69 Å². The molecule has 1 aromatic rings. The van der Waals surface area contributed by atoms with E-state index in [-0.39, 0.29) is 17.6 Å². The van der Waals surface area contributed by atoms with Crippen LogP contribution in [0.25, 0.3) is 0 Å². The average molecular weight is 351 g/mol. The summed E-state index contributed by atoms with van der Waals surface area (Å²) in [5, 5.41) is 11.9. The predicted molar refractivity (Wildman–Crippen MR) is 84.2 cm³/mol. The first-order valence-corrected chi connectivity index (χ1v) is 8.13. The van der Waals surface area contributed by atoms with E-state index >= 15 is 0 Å². The van der Waals surface area contributed by atoms with Crippen molar-refractivity contribution in [1.82, 2.24) is 10.3 Å². The predicted octanol–water partition coefficient (Wildman–Crippen LogP) is 2.50. The molecule has 134 valence electrons. The fourth-order valence-corrected chi connectivity index (χ4v) is 2.70. The maximum atomic E-state index is 12.4. The maximum absolute atomic E-state index is 12.4. The average Bonchev–Trinajstić information content (AvgIpc) is 2.61. The van der Waals surface area contributed by atoms with Crippen LogP contribution in [0, 0.1) is 17.2 Å². The third kappa shape index (κ3) is 5.48. The van der Waals surface area contributed by atoms with Crippen molar-refractivity contribution in [2.45, 2.75) is 44.6 Å². The first kappa shape index (κ1) is 18.8. The lowest BCUT2D eigenvalue weighted by molar-refractivity contribution is -0.123. The number of alkyl halides is 2. The third-order valence-corrected chi connectivity index (χ3v) is 3.94. The number of Topliss-reactive ketones (excluding diaryl/α,β-unsaturated/α-hetero) is 1. The molecule has 0 saturated heterocycles. The van der Waals surface area contributed by atoms with Gasteiger partial charge in [-0.25, -0.2) is 13.8 Å². The van der Waals surface area contributed by atoms with Crippen molar-refractivity contribution < 1.29 is 23.1 Å². The summed E-state index contributed by atoms with van der Waals surface area (Å²) in [5.41, 5.74) is -0.169. The highest BCUT2D eigenvalue weighted by atomic mass is 19.3. The molecule has 1 aliphatic rings. The minimum Gasteiger partial charge on any atom is -0.472 e. The number of pyridine rings is 1. The van der Waals surface area contributed by atoms with Gasteiger partial charge in [-0.2, -0.15) is 5.26 Å². The summed E-state index contributed by atoms with van der Waals surface area (Å²) in [6.45, 7) is -0.853. The van der Waals surface area contributed by atoms with Gasteiger partial charge in [0, 0.05) is 12.1 Å². The van der Waals surface area contributed by atoms with Gasteiger partial charge in [-0.15, -0.1) is 0 Å². The van der Waals surface area contributed by atoms with Crippen molar-refractivity contribution in [3.05, 3.63) is 23.9 Å².